The summed E-state index contributed by atoms with van der Waals surface area (Å²) < 4.78 is 2.99. The second-order valence-electron chi connectivity index (χ2n) is 4.33. The molecule has 2 heterocycles. The van der Waals surface area contributed by atoms with E-state index in [-0.39, 0.29) is 0 Å². The van der Waals surface area contributed by atoms with Gasteiger partial charge in [0.1, 0.15) is 0 Å². The third kappa shape index (κ3) is 3.67. The minimum Gasteiger partial charge on any atom is -0.312 e. The second-order valence-corrected chi connectivity index (χ2v) is 6.58. The fourth-order valence-corrected chi connectivity index (χ4v) is 3.17. The third-order valence-corrected chi connectivity index (χ3v) is 4.23. The van der Waals surface area contributed by atoms with Gasteiger partial charge in [-0.15, -0.1) is 11.3 Å². The van der Waals surface area contributed by atoms with Gasteiger partial charge < -0.3 is 5.32 Å². The van der Waals surface area contributed by atoms with Crippen LogP contribution in [-0.4, -0.2) is 16.3 Å². The predicted octanol–water partition coefficient (Wildman–Crippen LogP) is 3.56. The third-order valence-electron chi connectivity index (χ3n) is 2.73. The molecule has 2 rings (SSSR count). The van der Waals surface area contributed by atoms with Gasteiger partial charge in [0.25, 0.3) is 0 Å². The van der Waals surface area contributed by atoms with Crippen molar-refractivity contribution in [1.29, 1.82) is 0 Å². The first-order valence-corrected chi connectivity index (χ1v) is 7.77. The average Bonchev–Trinajstić information content (AvgIpc) is 2.88. The number of rotatable bonds is 6. The van der Waals surface area contributed by atoms with Gasteiger partial charge in [-0.25, -0.2) is 0 Å². The monoisotopic (exact) mass is 327 g/mol. The molecule has 2 aromatic rings. The number of nitrogens with zero attached hydrogens (tertiary/aromatic N) is 2. The van der Waals surface area contributed by atoms with Crippen LogP contribution in [0.15, 0.2) is 22.9 Å². The molecule has 0 bridgehead atoms. The SMILES string of the molecule is CCCNCc1cc(Cn2cc(Br)cn2)c(C)s1. The number of thiophene rings is 1. The van der Waals surface area contributed by atoms with Crippen molar-refractivity contribution in [1.82, 2.24) is 15.1 Å². The Morgan fingerprint density at radius 3 is 3.00 bits per heavy atom. The molecule has 0 aliphatic carbocycles. The number of halogens is 1. The molecule has 0 radical (unpaired) electrons. The van der Waals surface area contributed by atoms with Crippen molar-refractivity contribution in [2.45, 2.75) is 33.4 Å². The van der Waals surface area contributed by atoms with Crippen molar-refractivity contribution in [3.63, 3.8) is 0 Å². The Bertz CT molecular complexity index is 504. The van der Waals surface area contributed by atoms with Crippen molar-refractivity contribution in [2.24, 2.45) is 0 Å². The Hall–Kier alpha value is -0.650. The lowest BCUT2D eigenvalue weighted by atomic mass is 10.2. The molecular weight excluding hydrogens is 310 g/mol. The molecule has 5 heteroatoms. The quantitative estimate of drug-likeness (QED) is 0.822. The minimum absolute atomic E-state index is 0.849. The van der Waals surface area contributed by atoms with Gasteiger partial charge in [0, 0.05) is 22.5 Å². The van der Waals surface area contributed by atoms with Crippen LogP contribution in [0, 0.1) is 6.92 Å². The summed E-state index contributed by atoms with van der Waals surface area (Å²) in [6.07, 6.45) is 5.01. The molecule has 0 saturated carbocycles. The van der Waals surface area contributed by atoms with Crippen molar-refractivity contribution in [3.8, 4) is 0 Å². The fourth-order valence-electron chi connectivity index (χ4n) is 1.82. The highest BCUT2D eigenvalue weighted by molar-refractivity contribution is 9.10. The first-order chi connectivity index (χ1) is 8.69. The maximum absolute atomic E-state index is 4.30. The Kier molecular flexibility index (Phi) is 4.97. The van der Waals surface area contributed by atoms with Gasteiger partial charge in [-0.3, -0.25) is 4.68 Å². The van der Waals surface area contributed by atoms with Gasteiger partial charge in [-0.1, -0.05) is 6.92 Å². The maximum Gasteiger partial charge on any atom is 0.0670 e. The molecule has 0 aromatic carbocycles. The van der Waals surface area contributed by atoms with E-state index in [1.54, 1.807) is 0 Å². The molecule has 2 aromatic heterocycles. The lowest BCUT2D eigenvalue weighted by molar-refractivity contribution is 0.675. The lowest BCUT2D eigenvalue weighted by Gasteiger charge is -2.00. The molecule has 0 saturated heterocycles. The molecule has 1 N–H and O–H groups in total. The molecule has 0 aliphatic rings. The molecule has 3 nitrogen and oxygen atoms in total. The topological polar surface area (TPSA) is 29.9 Å². The summed E-state index contributed by atoms with van der Waals surface area (Å²) in [6.45, 7) is 7.28. The number of hydrogen-bond donors (Lipinski definition) is 1. The van der Waals surface area contributed by atoms with Gasteiger partial charge in [-0.05, 0) is 47.4 Å². The number of aromatic nitrogens is 2. The molecule has 0 unspecified atom stereocenters. The zero-order valence-electron chi connectivity index (χ0n) is 10.7. The van der Waals surface area contributed by atoms with E-state index in [9.17, 15) is 0 Å². The summed E-state index contributed by atoms with van der Waals surface area (Å²) in [7, 11) is 0. The first kappa shape index (κ1) is 13.8. The summed E-state index contributed by atoms with van der Waals surface area (Å²) in [4.78, 5) is 2.79. The van der Waals surface area contributed by atoms with Crippen LogP contribution in [0.1, 0.15) is 28.7 Å². The highest BCUT2D eigenvalue weighted by atomic mass is 79.9. The molecule has 0 aliphatic heterocycles. The summed E-state index contributed by atoms with van der Waals surface area (Å²) in [5, 5.41) is 7.74. The number of hydrogen-bond acceptors (Lipinski definition) is 3. The van der Waals surface area contributed by atoms with Crippen LogP contribution in [-0.2, 0) is 13.1 Å². The molecular formula is C13H18BrN3S. The number of nitrogens with one attached hydrogen (secondary N) is 1. The lowest BCUT2D eigenvalue weighted by Crippen LogP contribution is -2.12. The summed E-state index contributed by atoms with van der Waals surface area (Å²) >= 11 is 5.30. The largest absolute Gasteiger partial charge is 0.312 e. The molecule has 0 amide bonds. The normalized spacial score (nSPS) is 11.1. The van der Waals surface area contributed by atoms with Gasteiger partial charge >= 0.3 is 0 Å². The average molecular weight is 328 g/mol. The Balaban J connectivity index is 2.00. The Labute approximate surface area is 120 Å². The standard InChI is InChI=1S/C13H18BrN3S/c1-3-4-15-7-13-5-11(10(2)18-13)8-17-9-12(14)6-16-17/h5-6,9,15H,3-4,7-8H2,1-2H3. The minimum atomic E-state index is 0.849. The molecule has 0 spiro atoms. The van der Waals surface area contributed by atoms with Crippen LogP contribution in [0.4, 0.5) is 0 Å². The summed E-state index contributed by atoms with van der Waals surface area (Å²) in [5.74, 6) is 0. The molecule has 0 fully saturated rings. The summed E-state index contributed by atoms with van der Waals surface area (Å²) in [6, 6.07) is 2.29. The van der Waals surface area contributed by atoms with Crippen LogP contribution in [0.3, 0.4) is 0 Å². The van der Waals surface area contributed by atoms with Crippen LogP contribution in [0.2, 0.25) is 0 Å². The van der Waals surface area contributed by atoms with Crippen molar-refractivity contribution in [3.05, 3.63) is 38.3 Å². The Morgan fingerprint density at radius 1 is 1.50 bits per heavy atom. The fraction of sp³-hybridized carbons (Fsp3) is 0.462. The Morgan fingerprint density at radius 2 is 2.33 bits per heavy atom. The van der Waals surface area contributed by atoms with E-state index in [1.165, 1.54) is 21.7 Å². The first-order valence-electron chi connectivity index (χ1n) is 6.16. The van der Waals surface area contributed by atoms with E-state index in [0.717, 1.165) is 24.1 Å². The maximum atomic E-state index is 4.30. The molecule has 0 atom stereocenters. The van der Waals surface area contributed by atoms with Gasteiger partial charge in [-0.2, -0.15) is 5.10 Å². The summed E-state index contributed by atoms with van der Waals surface area (Å²) in [5.41, 5.74) is 1.36. The van der Waals surface area contributed by atoms with Gasteiger partial charge in [0.05, 0.1) is 17.2 Å². The van der Waals surface area contributed by atoms with Crippen molar-refractivity contribution in [2.75, 3.05) is 6.54 Å². The van der Waals surface area contributed by atoms with E-state index in [4.69, 9.17) is 0 Å². The van der Waals surface area contributed by atoms with Gasteiger partial charge in [0.15, 0.2) is 0 Å². The highest BCUT2D eigenvalue weighted by Crippen LogP contribution is 2.22. The van der Waals surface area contributed by atoms with Crippen molar-refractivity contribution >= 4 is 27.3 Å². The molecule has 18 heavy (non-hydrogen) atoms. The van der Waals surface area contributed by atoms with Crippen LogP contribution < -0.4 is 5.32 Å². The van der Waals surface area contributed by atoms with E-state index in [0.29, 0.717) is 0 Å². The second kappa shape index (κ2) is 6.50. The van der Waals surface area contributed by atoms with E-state index >= 15 is 0 Å². The van der Waals surface area contributed by atoms with Gasteiger partial charge in [0.2, 0.25) is 0 Å². The van der Waals surface area contributed by atoms with E-state index in [1.807, 2.05) is 28.4 Å². The predicted molar refractivity (Wildman–Crippen MR) is 80.1 cm³/mol. The number of aryl methyl sites for hydroxylation is 1. The zero-order chi connectivity index (χ0) is 13.0. The smallest absolute Gasteiger partial charge is 0.0670 e. The van der Waals surface area contributed by atoms with E-state index < -0.39 is 0 Å². The van der Waals surface area contributed by atoms with Crippen LogP contribution in [0.5, 0.6) is 0 Å². The molecule has 98 valence electrons. The van der Waals surface area contributed by atoms with Crippen LogP contribution >= 0.6 is 27.3 Å². The van der Waals surface area contributed by atoms with Crippen LogP contribution in [0.25, 0.3) is 0 Å². The highest BCUT2D eigenvalue weighted by Gasteiger charge is 2.06. The van der Waals surface area contributed by atoms with E-state index in [2.05, 4.69) is 46.3 Å². The van der Waals surface area contributed by atoms with Crippen molar-refractivity contribution < 1.29 is 0 Å². The zero-order valence-corrected chi connectivity index (χ0v) is 13.1.